The predicted octanol–water partition coefficient (Wildman–Crippen LogP) is -1.57. The number of hydrogen-bond donors (Lipinski definition) is 7. The van der Waals surface area contributed by atoms with Crippen LogP contribution in [0.1, 0.15) is 6.23 Å². The van der Waals surface area contributed by atoms with Crippen molar-refractivity contribution in [2.45, 2.75) is 24.5 Å². The van der Waals surface area contributed by atoms with Gasteiger partial charge in [-0.25, -0.2) is 18.4 Å². The Kier molecular flexibility index (Phi) is 7.61. The summed E-state index contributed by atoms with van der Waals surface area (Å²) >= 11 is 4.85. The summed E-state index contributed by atoms with van der Waals surface area (Å²) in [6.45, 7) is -4.82. The van der Waals surface area contributed by atoms with Gasteiger partial charge in [0.25, 0.3) is 5.56 Å². The molecule has 1 aliphatic heterocycles. The van der Waals surface area contributed by atoms with Gasteiger partial charge < -0.3 is 44.4 Å². The number of rotatable bonds is 9. The van der Waals surface area contributed by atoms with Gasteiger partial charge in [-0.15, -0.1) is 0 Å². The van der Waals surface area contributed by atoms with Crippen LogP contribution >= 0.6 is 22.4 Å². The molecule has 1 saturated heterocycles. The topological polar surface area (TPSA) is 271 Å². The van der Waals surface area contributed by atoms with Crippen LogP contribution in [-0.4, -0.2) is 76.4 Å². The largest absolute Gasteiger partial charge is 0.488 e. The maximum atomic E-state index is 11.9. The molecule has 0 radical (unpaired) electrons. The lowest BCUT2D eigenvalue weighted by Crippen LogP contribution is -2.33. The fraction of sp³-hybridized carbons (Fsp3) is 0.545. The van der Waals surface area contributed by atoms with E-state index in [0.29, 0.717) is 0 Å². The molecule has 0 spiro atoms. The zero-order valence-electron chi connectivity index (χ0n) is 16.3. The van der Waals surface area contributed by atoms with Gasteiger partial charge in [-0.2, -0.15) is 9.29 Å². The summed E-state index contributed by atoms with van der Waals surface area (Å²) in [7, 11) is -9.92. The average molecular weight is 553 g/mol. The third kappa shape index (κ3) is 6.11. The molecular weight excluding hydrogens is 535 g/mol. The summed E-state index contributed by atoms with van der Waals surface area (Å²) in [5, 5.41) is 20.7. The van der Waals surface area contributed by atoms with Crippen LogP contribution in [0, 0.1) is 0 Å². The first-order valence-electron chi connectivity index (χ1n) is 8.50. The second kappa shape index (κ2) is 9.49. The summed E-state index contributed by atoms with van der Waals surface area (Å²) in [5.74, 6) is -0.230. The normalized spacial score (nSPS) is 27.5. The molecule has 1 aliphatic rings. The van der Waals surface area contributed by atoms with Crippen molar-refractivity contribution in [3.05, 3.63) is 16.7 Å². The van der Waals surface area contributed by atoms with E-state index >= 15 is 0 Å². The lowest BCUT2D eigenvalue weighted by atomic mass is 10.1. The van der Waals surface area contributed by atoms with Gasteiger partial charge in [-0.3, -0.25) is 14.3 Å². The van der Waals surface area contributed by atoms with E-state index in [1.165, 1.54) is 0 Å². The van der Waals surface area contributed by atoms with Gasteiger partial charge in [0.05, 0.1) is 12.9 Å². The maximum absolute atomic E-state index is 11.9. The molecule has 186 valence electrons. The zero-order chi connectivity index (χ0) is 24.8. The number of hydrogen-bond acceptors (Lipinski definition) is 14. The number of phosphoric acid groups is 2. The molecule has 18 nitrogen and oxygen atoms in total. The Morgan fingerprint density at radius 2 is 1.94 bits per heavy atom. The molecule has 0 aromatic carbocycles. The van der Waals surface area contributed by atoms with E-state index in [1.807, 2.05) is 0 Å². The third-order valence-electron chi connectivity index (χ3n) is 4.10. The molecule has 6 atom stereocenters. The molecule has 0 aliphatic carbocycles. The van der Waals surface area contributed by atoms with Crippen LogP contribution in [0.5, 0.6) is 0 Å². The van der Waals surface area contributed by atoms with Crippen molar-refractivity contribution in [3.63, 3.8) is 0 Å². The first-order valence-corrected chi connectivity index (χ1v) is 14.1. The maximum Gasteiger partial charge on any atom is 0.488 e. The number of fused-ring (bicyclic) bond motifs is 1. The Morgan fingerprint density at radius 1 is 1.27 bits per heavy atom. The van der Waals surface area contributed by atoms with Crippen molar-refractivity contribution < 1.29 is 56.4 Å². The molecule has 8 N–H and O–H groups in total. The van der Waals surface area contributed by atoms with Crippen molar-refractivity contribution in [2.75, 3.05) is 19.5 Å². The molecule has 3 rings (SSSR count). The SMILES string of the molecule is COP(=S)(OC[C@H]1O[C@@H](n2cnc3c(=O)[nH]c(N)nc32)[C@@H](O)[C@H]1O)OP(=O)(O)OP(=O)(O)O. The molecule has 0 amide bonds. The number of nitrogens with two attached hydrogens (primary N) is 1. The Balaban J connectivity index is 1.75. The van der Waals surface area contributed by atoms with Gasteiger partial charge in [0.1, 0.15) is 18.3 Å². The summed E-state index contributed by atoms with van der Waals surface area (Å²) in [5.41, 5.74) is 4.72. The zero-order valence-corrected chi connectivity index (χ0v) is 19.8. The smallest absolute Gasteiger partial charge is 0.387 e. The number of nitrogens with zero attached hydrogens (tertiary/aromatic N) is 3. The number of aromatic nitrogens is 4. The Hall–Kier alpha value is -1.14. The second-order valence-corrected chi connectivity index (χ2v) is 12.5. The number of aliphatic hydroxyl groups is 2. The number of H-pyrrole nitrogens is 1. The fourth-order valence-electron chi connectivity index (χ4n) is 2.78. The van der Waals surface area contributed by atoms with Crippen LogP contribution < -0.4 is 11.3 Å². The number of anilines is 1. The third-order valence-corrected chi connectivity index (χ3v) is 9.67. The minimum Gasteiger partial charge on any atom is -0.387 e. The number of nitrogens with one attached hydrogen (secondary N) is 1. The lowest BCUT2D eigenvalue weighted by Gasteiger charge is -2.24. The van der Waals surface area contributed by atoms with Crippen LogP contribution in [0.2, 0.25) is 0 Å². The Labute approximate surface area is 188 Å². The van der Waals surface area contributed by atoms with E-state index in [2.05, 4.69) is 23.6 Å². The number of aromatic amines is 1. The summed E-state index contributed by atoms with van der Waals surface area (Å²) in [6.07, 6.45) is -4.68. The molecule has 0 bridgehead atoms. The Bertz CT molecular complexity index is 1230. The molecule has 33 heavy (non-hydrogen) atoms. The molecule has 2 unspecified atom stereocenters. The summed E-state index contributed by atoms with van der Waals surface area (Å²) in [4.78, 5) is 48.8. The van der Waals surface area contributed by atoms with E-state index < -0.39 is 59.1 Å². The van der Waals surface area contributed by atoms with E-state index in [1.54, 1.807) is 0 Å². The predicted molar refractivity (Wildman–Crippen MR) is 110 cm³/mol. The van der Waals surface area contributed by atoms with E-state index in [0.717, 1.165) is 18.0 Å². The molecule has 2 aromatic heterocycles. The molecule has 1 fully saturated rings. The molecular formula is C11H18N5O13P3S. The van der Waals surface area contributed by atoms with Gasteiger partial charge in [-0.05, 0) is 11.8 Å². The van der Waals surface area contributed by atoms with Gasteiger partial charge >= 0.3 is 22.4 Å². The number of aliphatic hydroxyl groups excluding tert-OH is 2. The van der Waals surface area contributed by atoms with Crippen molar-refractivity contribution in [2.24, 2.45) is 0 Å². The van der Waals surface area contributed by atoms with Crippen LogP contribution in [0.15, 0.2) is 11.1 Å². The molecule has 3 heterocycles. The highest BCUT2D eigenvalue weighted by molar-refractivity contribution is 8.09. The standard InChI is InChI=1S/C11H18N5O13P3S/c1-25-32(33,29-31(23,24)28-30(20,21)22)26-2-4-6(17)7(18)10(27-4)16-3-13-5-8(16)14-11(12)15-9(5)19/h3-4,6-7,10,17-18H,2H2,1H3,(H,23,24)(H2,20,21,22)(H3,12,14,15,19)/t4-,6+,7+,10-,32?/m1/s1. The Morgan fingerprint density at radius 3 is 2.55 bits per heavy atom. The average Bonchev–Trinajstić information content (AvgIpc) is 3.20. The van der Waals surface area contributed by atoms with Crippen LogP contribution in [0.4, 0.5) is 5.95 Å². The van der Waals surface area contributed by atoms with Gasteiger partial charge in [0, 0.05) is 7.11 Å². The van der Waals surface area contributed by atoms with E-state index in [4.69, 9.17) is 41.1 Å². The number of ether oxygens (including phenoxy) is 1. The summed E-state index contributed by atoms with van der Waals surface area (Å²) in [6, 6.07) is 0. The van der Waals surface area contributed by atoms with Crippen LogP contribution in [0.25, 0.3) is 11.2 Å². The summed E-state index contributed by atoms with van der Waals surface area (Å²) < 4.78 is 47.2. The quantitative estimate of drug-likeness (QED) is 0.173. The lowest BCUT2D eigenvalue weighted by molar-refractivity contribution is -0.0489. The highest BCUT2D eigenvalue weighted by Crippen LogP contribution is 2.68. The highest BCUT2D eigenvalue weighted by atomic mass is 32.5. The minimum absolute atomic E-state index is 0.0461. The molecule has 0 saturated carbocycles. The van der Waals surface area contributed by atoms with Crippen LogP contribution in [-0.2, 0) is 43.3 Å². The number of nitrogen functional groups attached to an aromatic ring is 1. The molecule has 22 heteroatoms. The fourth-order valence-corrected chi connectivity index (χ4v) is 7.08. The van der Waals surface area contributed by atoms with Gasteiger partial charge in [-0.1, -0.05) is 0 Å². The van der Waals surface area contributed by atoms with E-state index in [-0.39, 0.29) is 17.1 Å². The minimum atomic E-state index is -5.43. The van der Waals surface area contributed by atoms with Crippen molar-refractivity contribution in [3.8, 4) is 0 Å². The molecule has 2 aromatic rings. The highest BCUT2D eigenvalue weighted by Gasteiger charge is 2.46. The van der Waals surface area contributed by atoms with Crippen LogP contribution in [0.3, 0.4) is 0 Å². The van der Waals surface area contributed by atoms with Gasteiger partial charge in [0.15, 0.2) is 17.4 Å². The second-order valence-electron chi connectivity index (χ2n) is 6.37. The van der Waals surface area contributed by atoms with Crippen molar-refractivity contribution in [1.29, 1.82) is 0 Å². The van der Waals surface area contributed by atoms with Gasteiger partial charge in [0.2, 0.25) is 5.95 Å². The monoisotopic (exact) mass is 553 g/mol. The van der Waals surface area contributed by atoms with Crippen molar-refractivity contribution >= 4 is 51.3 Å². The number of imidazole rings is 1. The van der Waals surface area contributed by atoms with E-state index in [9.17, 15) is 29.0 Å². The first-order chi connectivity index (χ1) is 15.1. The van der Waals surface area contributed by atoms with Crippen molar-refractivity contribution in [1.82, 2.24) is 19.5 Å². The first kappa shape index (κ1) is 26.5.